The Morgan fingerprint density at radius 1 is 1.35 bits per heavy atom. The Bertz CT molecular complexity index is 411. The molecule has 1 aliphatic rings. The molecule has 3 heteroatoms. The van der Waals surface area contributed by atoms with E-state index >= 15 is 0 Å². The van der Waals surface area contributed by atoms with Gasteiger partial charge in [-0.1, -0.05) is 37.3 Å². The first-order valence-electron chi connectivity index (χ1n) is 5.95. The van der Waals surface area contributed by atoms with E-state index in [0.29, 0.717) is 13.0 Å². The number of Topliss-reactive ketones (excluding diaryl/α,β-unsaturated/α-hetero) is 1. The van der Waals surface area contributed by atoms with Gasteiger partial charge in [-0.25, -0.2) is 0 Å². The lowest BCUT2D eigenvalue weighted by atomic mass is 9.85. The van der Waals surface area contributed by atoms with Crippen molar-refractivity contribution in [2.24, 2.45) is 11.8 Å². The number of ether oxygens (including phenoxy) is 1. The van der Waals surface area contributed by atoms with Crippen LogP contribution in [0.3, 0.4) is 0 Å². The molecule has 17 heavy (non-hydrogen) atoms. The van der Waals surface area contributed by atoms with Crippen molar-refractivity contribution in [2.75, 3.05) is 6.61 Å². The first-order chi connectivity index (χ1) is 8.22. The first-order valence-corrected chi connectivity index (χ1v) is 5.95. The highest BCUT2D eigenvalue weighted by Gasteiger charge is 2.40. The Hall–Kier alpha value is -1.64. The third kappa shape index (κ3) is 2.54. The molecule has 1 fully saturated rings. The van der Waals surface area contributed by atoms with Crippen molar-refractivity contribution in [3.05, 3.63) is 35.9 Å². The lowest BCUT2D eigenvalue weighted by Gasteiger charge is -2.13. The van der Waals surface area contributed by atoms with Gasteiger partial charge in [-0.05, 0) is 12.0 Å². The quantitative estimate of drug-likeness (QED) is 0.589. The molecule has 1 saturated heterocycles. The van der Waals surface area contributed by atoms with E-state index in [1.54, 1.807) is 6.92 Å². The van der Waals surface area contributed by atoms with Gasteiger partial charge in [-0.3, -0.25) is 9.59 Å². The summed E-state index contributed by atoms with van der Waals surface area (Å²) < 4.78 is 5.01. The molecule has 1 aliphatic heterocycles. The number of hydrogen-bond donors (Lipinski definition) is 0. The molecule has 0 N–H and O–H groups in total. The van der Waals surface area contributed by atoms with Crippen molar-refractivity contribution >= 4 is 11.8 Å². The Balaban J connectivity index is 2.10. The predicted octanol–water partition coefficient (Wildman–Crippen LogP) is 2.00. The fourth-order valence-corrected chi connectivity index (χ4v) is 2.28. The van der Waals surface area contributed by atoms with Crippen molar-refractivity contribution in [1.82, 2.24) is 0 Å². The zero-order valence-corrected chi connectivity index (χ0v) is 9.89. The minimum Gasteiger partial charge on any atom is -0.465 e. The molecular formula is C14H16O3. The Kier molecular flexibility index (Phi) is 3.57. The van der Waals surface area contributed by atoms with Crippen LogP contribution in [0.1, 0.15) is 18.9 Å². The van der Waals surface area contributed by atoms with E-state index in [0.717, 1.165) is 12.0 Å². The van der Waals surface area contributed by atoms with Crippen LogP contribution in [0.4, 0.5) is 0 Å². The SMILES string of the molecule is CCC(=O)C1C(=O)OC[C@H]1Cc1ccccc1. The van der Waals surface area contributed by atoms with Gasteiger partial charge >= 0.3 is 5.97 Å². The van der Waals surface area contributed by atoms with E-state index in [1.807, 2.05) is 30.3 Å². The maximum atomic E-state index is 11.7. The number of hydrogen-bond acceptors (Lipinski definition) is 3. The molecule has 0 radical (unpaired) electrons. The third-order valence-electron chi connectivity index (χ3n) is 3.20. The minimum absolute atomic E-state index is 0.00245. The standard InChI is InChI=1S/C14H16O3/c1-2-12(15)13-11(9-17-14(13)16)8-10-6-4-3-5-7-10/h3-7,11,13H,2,8-9H2,1H3/t11-,13?/m1/s1. The molecule has 1 heterocycles. The van der Waals surface area contributed by atoms with E-state index in [-0.39, 0.29) is 17.7 Å². The van der Waals surface area contributed by atoms with Gasteiger partial charge in [0.05, 0.1) is 6.61 Å². The smallest absolute Gasteiger partial charge is 0.316 e. The van der Waals surface area contributed by atoms with E-state index in [2.05, 4.69) is 0 Å². The van der Waals surface area contributed by atoms with Gasteiger partial charge in [0, 0.05) is 12.3 Å². The van der Waals surface area contributed by atoms with E-state index < -0.39 is 5.92 Å². The van der Waals surface area contributed by atoms with Gasteiger partial charge in [0.1, 0.15) is 11.7 Å². The minimum atomic E-state index is -0.555. The first kappa shape index (κ1) is 11.8. The largest absolute Gasteiger partial charge is 0.465 e. The van der Waals surface area contributed by atoms with E-state index in [1.165, 1.54) is 0 Å². The highest BCUT2D eigenvalue weighted by molar-refractivity contribution is 6.00. The summed E-state index contributed by atoms with van der Waals surface area (Å²) >= 11 is 0. The molecule has 0 aliphatic carbocycles. The van der Waals surface area contributed by atoms with Crippen molar-refractivity contribution in [1.29, 1.82) is 0 Å². The lowest BCUT2D eigenvalue weighted by Crippen LogP contribution is -2.26. The molecule has 0 amide bonds. The van der Waals surface area contributed by atoms with Crippen LogP contribution in [0.15, 0.2) is 30.3 Å². The fraction of sp³-hybridized carbons (Fsp3) is 0.429. The highest BCUT2D eigenvalue weighted by atomic mass is 16.5. The Labute approximate surface area is 101 Å². The van der Waals surface area contributed by atoms with Crippen LogP contribution in [0, 0.1) is 11.8 Å². The number of cyclic esters (lactones) is 1. The predicted molar refractivity (Wildman–Crippen MR) is 63.4 cm³/mol. The van der Waals surface area contributed by atoms with Crippen molar-refractivity contribution in [2.45, 2.75) is 19.8 Å². The van der Waals surface area contributed by atoms with Crippen LogP contribution >= 0.6 is 0 Å². The Morgan fingerprint density at radius 2 is 2.06 bits per heavy atom. The summed E-state index contributed by atoms with van der Waals surface area (Å²) in [6.07, 6.45) is 1.12. The van der Waals surface area contributed by atoms with Gasteiger partial charge in [0.15, 0.2) is 0 Å². The Morgan fingerprint density at radius 3 is 2.71 bits per heavy atom. The summed E-state index contributed by atoms with van der Waals surface area (Å²) in [7, 11) is 0. The average molecular weight is 232 g/mol. The summed E-state index contributed by atoms with van der Waals surface area (Å²) in [5, 5.41) is 0. The molecule has 0 saturated carbocycles. The molecule has 3 nitrogen and oxygen atoms in total. The van der Waals surface area contributed by atoms with Crippen LogP contribution in [0.2, 0.25) is 0 Å². The van der Waals surface area contributed by atoms with Gasteiger partial charge < -0.3 is 4.74 Å². The second kappa shape index (κ2) is 5.13. The number of ketones is 1. The molecule has 1 aromatic rings. The second-order valence-corrected chi connectivity index (χ2v) is 4.38. The molecule has 0 spiro atoms. The average Bonchev–Trinajstić information content (AvgIpc) is 2.71. The van der Waals surface area contributed by atoms with Gasteiger partial charge in [-0.2, -0.15) is 0 Å². The van der Waals surface area contributed by atoms with Crippen molar-refractivity contribution < 1.29 is 14.3 Å². The van der Waals surface area contributed by atoms with Gasteiger partial charge in [0.2, 0.25) is 0 Å². The third-order valence-corrected chi connectivity index (χ3v) is 3.20. The summed E-state index contributed by atoms with van der Waals surface area (Å²) in [6, 6.07) is 9.90. The van der Waals surface area contributed by atoms with Crippen molar-refractivity contribution in [3.8, 4) is 0 Å². The fourth-order valence-electron chi connectivity index (χ4n) is 2.28. The molecule has 1 unspecified atom stereocenters. The molecular weight excluding hydrogens is 216 g/mol. The molecule has 0 aromatic heterocycles. The van der Waals surface area contributed by atoms with E-state index in [9.17, 15) is 9.59 Å². The van der Waals surface area contributed by atoms with Crippen LogP contribution in [0.25, 0.3) is 0 Å². The lowest BCUT2D eigenvalue weighted by molar-refractivity contribution is -0.144. The second-order valence-electron chi connectivity index (χ2n) is 4.38. The number of carbonyl (C=O) groups is 2. The monoisotopic (exact) mass is 232 g/mol. The molecule has 2 atom stereocenters. The molecule has 2 rings (SSSR count). The number of rotatable bonds is 4. The highest BCUT2D eigenvalue weighted by Crippen LogP contribution is 2.27. The summed E-state index contributed by atoms with van der Waals surface area (Å²) in [4.78, 5) is 23.3. The van der Waals surface area contributed by atoms with Gasteiger partial charge in [-0.15, -0.1) is 0 Å². The van der Waals surface area contributed by atoms with E-state index in [4.69, 9.17) is 4.74 Å². The van der Waals surface area contributed by atoms with Gasteiger partial charge in [0.25, 0.3) is 0 Å². The molecule has 1 aromatic carbocycles. The molecule has 0 bridgehead atoms. The van der Waals surface area contributed by atoms with Crippen LogP contribution < -0.4 is 0 Å². The van der Waals surface area contributed by atoms with Crippen LogP contribution in [-0.4, -0.2) is 18.4 Å². The van der Waals surface area contributed by atoms with Crippen molar-refractivity contribution in [3.63, 3.8) is 0 Å². The summed E-state index contributed by atoms with van der Waals surface area (Å²) in [5.41, 5.74) is 1.14. The summed E-state index contributed by atoms with van der Waals surface area (Å²) in [6.45, 7) is 2.15. The maximum absolute atomic E-state index is 11.7. The molecule has 90 valence electrons. The normalized spacial score (nSPS) is 23.5. The number of benzene rings is 1. The number of carbonyl (C=O) groups excluding carboxylic acids is 2. The summed E-state index contributed by atoms with van der Waals surface area (Å²) in [5.74, 6) is -0.913. The zero-order valence-electron chi connectivity index (χ0n) is 9.89. The maximum Gasteiger partial charge on any atom is 0.316 e. The number of esters is 1. The van der Waals surface area contributed by atoms with Crippen LogP contribution in [0.5, 0.6) is 0 Å². The topological polar surface area (TPSA) is 43.4 Å². The van der Waals surface area contributed by atoms with Crippen LogP contribution in [-0.2, 0) is 20.7 Å². The zero-order chi connectivity index (χ0) is 12.3.